The summed E-state index contributed by atoms with van der Waals surface area (Å²) in [5.74, 6) is 0.149. The number of benzene rings is 3. The number of amides is 2. The van der Waals surface area contributed by atoms with Gasteiger partial charge in [-0.25, -0.2) is 4.99 Å². The third-order valence-corrected chi connectivity index (χ3v) is 4.70. The summed E-state index contributed by atoms with van der Waals surface area (Å²) < 4.78 is 10.7. The summed E-state index contributed by atoms with van der Waals surface area (Å²) in [6.07, 6.45) is 0.128. The third kappa shape index (κ3) is 5.57. The van der Waals surface area contributed by atoms with E-state index in [1.807, 2.05) is 37.3 Å². The van der Waals surface area contributed by atoms with E-state index in [2.05, 4.69) is 10.3 Å². The Balaban J connectivity index is 1.95. The molecule has 0 saturated carbocycles. The van der Waals surface area contributed by atoms with Crippen LogP contribution in [0.1, 0.15) is 21.5 Å². The van der Waals surface area contributed by atoms with Gasteiger partial charge in [0, 0.05) is 17.5 Å². The number of methoxy groups -OCH3 is 2. The molecule has 0 spiro atoms. The number of hydrogen-bond donors (Lipinski definition) is 1. The molecule has 6 heteroatoms. The Morgan fingerprint density at radius 2 is 1.45 bits per heavy atom. The molecule has 3 aromatic rings. The molecule has 2 amide bonds. The molecule has 0 unspecified atom stereocenters. The Bertz CT molecular complexity index is 1100. The van der Waals surface area contributed by atoms with Crippen LogP contribution in [0.3, 0.4) is 0 Å². The highest BCUT2D eigenvalue weighted by Crippen LogP contribution is 2.24. The lowest BCUT2D eigenvalue weighted by Crippen LogP contribution is -2.26. The van der Waals surface area contributed by atoms with Crippen molar-refractivity contribution < 1.29 is 19.1 Å². The quantitative estimate of drug-likeness (QED) is 0.577. The average Bonchev–Trinajstić information content (AvgIpc) is 2.79. The fraction of sp³-hybridized carbons (Fsp3) is 0.160. The summed E-state index contributed by atoms with van der Waals surface area (Å²) in [6, 6.07) is 21.4. The Hall–Kier alpha value is -3.93. The first-order valence-corrected chi connectivity index (χ1v) is 9.76. The molecular formula is C25H24N2O4. The first-order chi connectivity index (χ1) is 15.0. The minimum Gasteiger partial charge on any atom is -0.496 e. The molecule has 0 bridgehead atoms. The second-order valence-electron chi connectivity index (χ2n) is 6.87. The van der Waals surface area contributed by atoms with Crippen LogP contribution < -0.4 is 14.8 Å². The zero-order chi connectivity index (χ0) is 22.2. The molecule has 158 valence electrons. The van der Waals surface area contributed by atoms with Gasteiger partial charge in [0.1, 0.15) is 17.2 Å². The highest BCUT2D eigenvalue weighted by Gasteiger charge is 2.19. The first-order valence-electron chi connectivity index (χ1n) is 9.76. The number of carbonyl (C=O) groups excluding carboxylic acids is 2. The van der Waals surface area contributed by atoms with Gasteiger partial charge in [-0.05, 0) is 37.3 Å². The lowest BCUT2D eigenvalue weighted by molar-refractivity contribution is -0.110. The Morgan fingerprint density at radius 1 is 0.839 bits per heavy atom. The van der Waals surface area contributed by atoms with Crippen LogP contribution in [0.2, 0.25) is 0 Å². The highest BCUT2D eigenvalue weighted by atomic mass is 16.5. The van der Waals surface area contributed by atoms with Gasteiger partial charge in [-0.2, -0.15) is 0 Å². The van der Waals surface area contributed by atoms with Crippen LogP contribution in [0, 0.1) is 6.92 Å². The van der Waals surface area contributed by atoms with Crippen LogP contribution >= 0.6 is 0 Å². The smallest absolute Gasteiger partial charge is 0.277 e. The molecule has 0 aliphatic rings. The van der Waals surface area contributed by atoms with Gasteiger partial charge in [0.15, 0.2) is 0 Å². The number of carbonyl (C=O) groups is 2. The van der Waals surface area contributed by atoms with E-state index in [4.69, 9.17) is 9.47 Å². The summed E-state index contributed by atoms with van der Waals surface area (Å²) >= 11 is 0. The van der Waals surface area contributed by atoms with Crippen LogP contribution in [-0.2, 0) is 11.2 Å². The molecular weight excluding hydrogens is 392 g/mol. The topological polar surface area (TPSA) is 77.0 Å². The zero-order valence-corrected chi connectivity index (χ0v) is 17.7. The van der Waals surface area contributed by atoms with Crippen molar-refractivity contribution in [3.63, 3.8) is 0 Å². The van der Waals surface area contributed by atoms with Crippen LogP contribution in [0.5, 0.6) is 11.5 Å². The third-order valence-electron chi connectivity index (χ3n) is 4.70. The Kier molecular flexibility index (Phi) is 7.17. The number of nitrogens with one attached hydrogen (secondary N) is 1. The van der Waals surface area contributed by atoms with Crippen molar-refractivity contribution in [2.75, 3.05) is 19.5 Å². The lowest BCUT2D eigenvalue weighted by Gasteiger charge is -2.13. The lowest BCUT2D eigenvalue weighted by atomic mass is 10.1. The number of anilines is 1. The van der Waals surface area contributed by atoms with E-state index < -0.39 is 11.8 Å². The van der Waals surface area contributed by atoms with E-state index in [0.29, 0.717) is 22.7 Å². The molecule has 0 saturated heterocycles. The number of nitrogens with zero attached hydrogens (tertiary/aromatic N) is 1. The normalized spacial score (nSPS) is 11.0. The molecule has 0 fully saturated rings. The van der Waals surface area contributed by atoms with Gasteiger partial charge >= 0.3 is 0 Å². The molecule has 6 nitrogen and oxygen atoms in total. The molecule has 0 aliphatic carbocycles. The van der Waals surface area contributed by atoms with Gasteiger partial charge in [-0.3, -0.25) is 9.59 Å². The fourth-order valence-corrected chi connectivity index (χ4v) is 3.03. The molecule has 3 aromatic carbocycles. The van der Waals surface area contributed by atoms with Crippen molar-refractivity contribution in [1.29, 1.82) is 0 Å². The van der Waals surface area contributed by atoms with Gasteiger partial charge in [0.2, 0.25) is 0 Å². The Labute approximate surface area is 181 Å². The van der Waals surface area contributed by atoms with E-state index in [1.165, 1.54) is 7.11 Å². The second kappa shape index (κ2) is 10.2. The summed E-state index contributed by atoms with van der Waals surface area (Å²) in [7, 11) is 3.08. The molecule has 31 heavy (non-hydrogen) atoms. The number of hydrogen-bond acceptors (Lipinski definition) is 4. The first kappa shape index (κ1) is 21.8. The highest BCUT2D eigenvalue weighted by molar-refractivity contribution is 6.45. The Morgan fingerprint density at radius 3 is 2.13 bits per heavy atom. The molecule has 1 N–H and O–H groups in total. The molecule has 0 aliphatic heterocycles. The number of aliphatic imine (C=N–C) groups is 1. The van der Waals surface area contributed by atoms with Crippen LogP contribution in [0.4, 0.5) is 5.69 Å². The fourth-order valence-electron chi connectivity index (χ4n) is 3.03. The number of ether oxygens (including phenoxy) is 2. The zero-order valence-electron chi connectivity index (χ0n) is 17.7. The number of para-hydroxylation sites is 3. The van der Waals surface area contributed by atoms with Gasteiger partial charge in [0.05, 0.1) is 19.9 Å². The predicted molar refractivity (Wildman–Crippen MR) is 121 cm³/mol. The monoisotopic (exact) mass is 416 g/mol. The SMILES string of the molecule is COc1ccccc1CC(=NC(=O)c1ccc(C)cc1)C(=O)Nc1ccccc1OC. The van der Waals surface area contributed by atoms with Crippen molar-refractivity contribution in [1.82, 2.24) is 0 Å². The van der Waals surface area contributed by atoms with Gasteiger partial charge in [-0.15, -0.1) is 0 Å². The van der Waals surface area contributed by atoms with Gasteiger partial charge < -0.3 is 14.8 Å². The largest absolute Gasteiger partial charge is 0.496 e. The number of rotatable bonds is 7. The summed E-state index contributed by atoms with van der Waals surface area (Å²) in [6.45, 7) is 1.94. The summed E-state index contributed by atoms with van der Waals surface area (Å²) in [5.41, 5.74) is 2.75. The van der Waals surface area contributed by atoms with Crippen molar-refractivity contribution in [2.45, 2.75) is 13.3 Å². The standard InChI is InChI=1S/C25H24N2O4/c1-17-12-14-18(15-13-17)24(28)27-21(16-19-8-4-6-10-22(19)30-2)25(29)26-20-9-5-7-11-23(20)31-3/h4-15H,16H2,1-3H3,(H,26,29). The van der Waals surface area contributed by atoms with E-state index in [0.717, 1.165) is 11.1 Å². The van der Waals surface area contributed by atoms with Crippen molar-refractivity contribution >= 4 is 23.2 Å². The minimum absolute atomic E-state index is 0.0704. The number of aryl methyl sites for hydroxylation is 1. The van der Waals surface area contributed by atoms with E-state index in [-0.39, 0.29) is 12.1 Å². The van der Waals surface area contributed by atoms with Gasteiger partial charge in [-0.1, -0.05) is 48.0 Å². The van der Waals surface area contributed by atoms with Crippen molar-refractivity contribution in [2.24, 2.45) is 4.99 Å². The van der Waals surface area contributed by atoms with E-state index >= 15 is 0 Å². The summed E-state index contributed by atoms with van der Waals surface area (Å²) in [4.78, 5) is 30.1. The predicted octanol–water partition coefficient (Wildman–Crippen LogP) is 4.47. The van der Waals surface area contributed by atoms with E-state index in [1.54, 1.807) is 49.6 Å². The molecule has 0 radical (unpaired) electrons. The van der Waals surface area contributed by atoms with Crippen LogP contribution in [-0.4, -0.2) is 31.7 Å². The average molecular weight is 416 g/mol. The minimum atomic E-state index is -0.490. The summed E-state index contributed by atoms with van der Waals surface area (Å²) in [5, 5.41) is 2.80. The van der Waals surface area contributed by atoms with Gasteiger partial charge in [0.25, 0.3) is 11.8 Å². The van der Waals surface area contributed by atoms with Crippen LogP contribution in [0.15, 0.2) is 77.8 Å². The maximum atomic E-state index is 13.1. The van der Waals surface area contributed by atoms with Crippen molar-refractivity contribution in [3.8, 4) is 11.5 Å². The maximum Gasteiger partial charge on any atom is 0.277 e. The molecule has 3 rings (SSSR count). The van der Waals surface area contributed by atoms with E-state index in [9.17, 15) is 9.59 Å². The van der Waals surface area contributed by atoms with Crippen LogP contribution in [0.25, 0.3) is 0 Å². The molecule has 0 atom stereocenters. The second-order valence-corrected chi connectivity index (χ2v) is 6.87. The maximum absolute atomic E-state index is 13.1. The molecule has 0 heterocycles. The molecule has 0 aromatic heterocycles. The van der Waals surface area contributed by atoms with Crippen molar-refractivity contribution in [3.05, 3.63) is 89.5 Å².